The van der Waals surface area contributed by atoms with Crippen molar-refractivity contribution in [1.29, 1.82) is 0 Å². The maximum absolute atomic E-state index is 13.4. The zero-order chi connectivity index (χ0) is 18.9. The Bertz CT molecular complexity index is 928. The first-order valence-corrected chi connectivity index (χ1v) is 9.56. The molecule has 3 heterocycles. The minimum absolute atomic E-state index is 0.0131. The Kier molecular flexibility index (Phi) is 3.44. The van der Waals surface area contributed by atoms with Crippen molar-refractivity contribution < 1.29 is 9.32 Å². The molecule has 7 nitrogen and oxygen atoms in total. The van der Waals surface area contributed by atoms with Crippen molar-refractivity contribution in [1.82, 2.24) is 10.1 Å². The number of aromatic nitrogens is 2. The minimum atomic E-state index is -0.482. The molecule has 4 atom stereocenters. The fourth-order valence-corrected chi connectivity index (χ4v) is 4.43. The highest BCUT2D eigenvalue weighted by atomic mass is 16.5. The number of fused-ring (bicyclic) bond motifs is 3. The third-order valence-corrected chi connectivity index (χ3v) is 6.21. The first-order chi connectivity index (χ1) is 13.0. The lowest BCUT2D eigenvalue weighted by Gasteiger charge is -2.41. The lowest BCUT2D eigenvalue weighted by atomic mass is 10.00. The minimum Gasteiger partial charge on any atom is -0.337 e. The molecule has 1 aliphatic carbocycles. The molecule has 1 amide bonds. The molecule has 0 N–H and O–H groups in total. The fraction of sp³-hybridized carbons (Fsp3) is 0.500. The molecule has 27 heavy (non-hydrogen) atoms. The Hall–Kier alpha value is -2.70. The van der Waals surface area contributed by atoms with Gasteiger partial charge in [0, 0.05) is 12.0 Å². The highest BCUT2D eigenvalue weighted by Gasteiger charge is 2.50. The van der Waals surface area contributed by atoms with Crippen LogP contribution in [-0.4, -0.2) is 34.5 Å². The normalized spacial score (nSPS) is 31.4. The van der Waals surface area contributed by atoms with Crippen molar-refractivity contribution in [3.05, 3.63) is 36.0 Å². The van der Waals surface area contributed by atoms with Crippen LogP contribution in [0.4, 0.5) is 11.4 Å². The molecular weight excluding hydrogens is 342 g/mol. The van der Waals surface area contributed by atoms with Gasteiger partial charge in [0.2, 0.25) is 0 Å². The third-order valence-electron chi connectivity index (χ3n) is 6.21. The quantitative estimate of drug-likeness (QED) is 0.835. The average Bonchev–Trinajstić information content (AvgIpc) is 3.05. The van der Waals surface area contributed by atoms with Gasteiger partial charge in [-0.15, -0.1) is 0 Å². The van der Waals surface area contributed by atoms with Crippen LogP contribution in [0.3, 0.4) is 0 Å². The second kappa shape index (κ2) is 5.65. The number of rotatable bonds is 3. The van der Waals surface area contributed by atoms with E-state index in [2.05, 4.69) is 29.0 Å². The largest absolute Gasteiger partial charge is 0.337 e. The number of benzene rings is 1. The van der Waals surface area contributed by atoms with Crippen LogP contribution >= 0.6 is 0 Å². The molecule has 1 saturated carbocycles. The van der Waals surface area contributed by atoms with Gasteiger partial charge in [0.05, 0.1) is 17.7 Å². The predicted molar refractivity (Wildman–Crippen MR) is 102 cm³/mol. The summed E-state index contributed by atoms with van der Waals surface area (Å²) in [7, 11) is 0. The van der Waals surface area contributed by atoms with Gasteiger partial charge in [-0.2, -0.15) is 4.98 Å². The summed E-state index contributed by atoms with van der Waals surface area (Å²) >= 11 is 0. The number of anilines is 2. The molecular formula is C20H23N5O2. The van der Waals surface area contributed by atoms with E-state index < -0.39 is 12.1 Å². The maximum Gasteiger partial charge on any atom is 0.254 e. The number of carbonyl (C=O) groups excluding carboxylic acids is 1. The van der Waals surface area contributed by atoms with Gasteiger partial charge in [-0.25, -0.2) is 0 Å². The number of hydrogen-bond acceptors (Lipinski definition) is 6. The third kappa shape index (κ3) is 2.27. The molecule has 2 aliphatic heterocycles. The van der Waals surface area contributed by atoms with E-state index in [1.807, 2.05) is 47.9 Å². The van der Waals surface area contributed by atoms with E-state index in [-0.39, 0.29) is 11.9 Å². The second-order valence-corrected chi connectivity index (χ2v) is 8.09. The monoisotopic (exact) mass is 365 g/mol. The molecule has 7 heteroatoms. The molecule has 1 aromatic carbocycles. The maximum atomic E-state index is 13.4. The summed E-state index contributed by atoms with van der Waals surface area (Å²) < 4.78 is 5.56. The van der Waals surface area contributed by atoms with Gasteiger partial charge >= 0.3 is 0 Å². The van der Waals surface area contributed by atoms with E-state index in [4.69, 9.17) is 4.52 Å². The topological polar surface area (TPSA) is 74.8 Å². The second-order valence-electron chi connectivity index (χ2n) is 8.09. The van der Waals surface area contributed by atoms with Crippen molar-refractivity contribution in [3.8, 4) is 0 Å². The molecule has 1 aromatic heterocycles. The SMILES string of the molecule is CC1C(C)C1c1noc(C2N=CN3c4ccccc4N(C(C)C)C(=O)C23)n1. The molecule has 4 unspecified atom stereocenters. The van der Waals surface area contributed by atoms with Crippen LogP contribution < -0.4 is 9.80 Å². The predicted octanol–water partition coefficient (Wildman–Crippen LogP) is 3.15. The van der Waals surface area contributed by atoms with Crippen LogP contribution in [0, 0.1) is 11.8 Å². The van der Waals surface area contributed by atoms with Crippen molar-refractivity contribution in [2.24, 2.45) is 16.8 Å². The van der Waals surface area contributed by atoms with Gasteiger partial charge in [0.15, 0.2) is 11.9 Å². The zero-order valence-corrected chi connectivity index (χ0v) is 15.9. The lowest BCUT2D eigenvalue weighted by molar-refractivity contribution is -0.120. The van der Waals surface area contributed by atoms with Crippen LogP contribution in [0.25, 0.3) is 0 Å². The van der Waals surface area contributed by atoms with Gasteiger partial charge in [-0.1, -0.05) is 31.1 Å². The Morgan fingerprint density at radius 3 is 2.48 bits per heavy atom. The van der Waals surface area contributed by atoms with Crippen LogP contribution in [0.1, 0.15) is 51.4 Å². The zero-order valence-electron chi connectivity index (χ0n) is 15.9. The van der Waals surface area contributed by atoms with Crippen molar-refractivity contribution >= 4 is 23.6 Å². The fourth-order valence-electron chi connectivity index (χ4n) is 4.43. The first kappa shape index (κ1) is 16.5. The van der Waals surface area contributed by atoms with E-state index in [1.165, 1.54) is 0 Å². The number of para-hydroxylation sites is 2. The summed E-state index contributed by atoms with van der Waals surface area (Å²) in [5, 5.41) is 4.18. The van der Waals surface area contributed by atoms with Gasteiger partial charge in [-0.3, -0.25) is 9.79 Å². The Labute approximate surface area is 158 Å². The summed E-state index contributed by atoms with van der Waals surface area (Å²) in [6.07, 6.45) is 1.73. The van der Waals surface area contributed by atoms with E-state index in [1.54, 1.807) is 6.34 Å². The van der Waals surface area contributed by atoms with E-state index >= 15 is 0 Å². The number of hydrogen-bond donors (Lipinski definition) is 0. The lowest BCUT2D eigenvalue weighted by Crippen LogP contribution is -2.55. The van der Waals surface area contributed by atoms with E-state index in [9.17, 15) is 4.79 Å². The Balaban J connectivity index is 1.52. The highest BCUT2D eigenvalue weighted by molar-refractivity contribution is 6.12. The molecule has 1 fully saturated rings. The van der Waals surface area contributed by atoms with E-state index in [0.29, 0.717) is 23.6 Å². The van der Waals surface area contributed by atoms with Crippen LogP contribution in [0.15, 0.2) is 33.8 Å². The number of nitrogens with zero attached hydrogens (tertiary/aromatic N) is 5. The van der Waals surface area contributed by atoms with Crippen LogP contribution in [-0.2, 0) is 4.79 Å². The number of carbonyl (C=O) groups is 1. The molecule has 0 saturated heterocycles. The van der Waals surface area contributed by atoms with Gasteiger partial charge < -0.3 is 14.3 Å². The Morgan fingerprint density at radius 1 is 1.11 bits per heavy atom. The van der Waals surface area contributed by atoms with Crippen LogP contribution in [0.5, 0.6) is 0 Å². The summed E-state index contributed by atoms with van der Waals surface area (Å²) in [5.74, 6) is 2.66. The van der Waals surface area contributed by atoms with Crippen LogP contribution in [0.2, 0.25) is 0 Å². The van der Waals surface area contributed by atoms with Gasteiger partial charge in [0.1, 0.15) is 6.04 Å². The van der Waals surface area contributed by atoms with Crippen molar-refractivity contribution in [2.45, 2.75) is 51.7 Å². The summed E-state index contributed by atoms with van der Waals surface area (Å²) in [6.45, 7) is 8.44. The smallest absolute Gasteiger partial charge is 0.254 e. The van der Waals surface area contributed by atoms with Gasteiger partial charge in [0.25, 0.3) is 11.8 Å². The molecule has 2 aromatic rings. The summed E-state index contributed by atoms with van der Waals surface area (Å²) in [6, 6.07) is 7.02. The number of amides is 1. The first-order valence-electron chi connectivity index (χ1n) is 9.56. The summed E-state index contributed by atoms with van der Waals surface area (Å²) in [4.78, 5) is 26.4. The van der Waals surface area contributed by atoms with Gasteiger partial charge in [-0.05, 0) is 37.8 Å². The molecule has 0 spiro atoms. The molecule has 140 valence electrons. The number of aliphatic imine (C=N–C) groups is 1. The Morgan fingerprint density at radius 2 is 1.81 bits per heavy atom. The highest BCUT2D eigenvalue weighted by Crippen LogP contribution is 2.52. The molecule has 3 aliphatic rings. The molecule has 0 bridgehead atoms. The molecule has 0 radical (unpaired) electrons. The van der Waals surface area contributed by atoms with Crippen molar-refractivity contribution in [2.75, 3.05) is 9.80 Å². The van der Waals surface area contributed by atoms with E-state index in [0.717, 1.165) is 17.2 Å². The standard InChI is InChI=1S/C20H23N5O2/c1-10(2)25-14-8-6-5-7-13(14)24-9-21-16(17(24)20(25)26)19-22-18(23-27-19)15-11(3)12(15)4/h5-12,15-17H,1-4H3. The molecule has 5 rings (SSSR count). The summed E-state index contributed by atoms with van der Waals surface area (Å²) in [5.41, 5.74) is 1.89. The van der Waals surface area contributed by atoms with Crippen molar-refractivity contribution in [3.63, 3.8) is 0 Å². The average molecular weight is 365 g/mol.